The van der Waals surface area contributed by atoms with Gasteiger partial charge in [0, 0.05) is 0 Å². The zero-order valence-electron chi connectivity index (χ0n) is 63.2. The molecule has 24 bridgehead atoms. The highest BCUT2D eigenvalue weighted by Gasteiger charge is 2.76. The lowest BCUT2D eigenvalue weighted by Gasteiger charge is -2.49. The van der Waals surface area contributed by atoms with Gasteiger partial charge in [0.2, 0.25) is 0 Å². The molecule has 540 valence electrons. The lowest BCUT2D eigenvalue weighted by molar-refractivity contribution is 0.0198. The summed E-state index contributed by atoms with van der Waals surface area (Å²) in [6.07, 6.45) is 94.5. The Morgan fingerprint density at radius 2 is 0.292 bits per heavy atom. The van der Waals surface area contributed by atoms with Crippen molar-refractivity contribution in [1.29, 1.82) is 0 Å². The lowest BCUT2D eigenvalue weighted by Crippen LogP contribution is -2.38. The average Bonchev–Trinajstić information content (AvgIpc) is 1.49. The molecule has 0 heterocycles. The second kappa shape index (κ2) is 29.7. The van der Waals surface area contributed by atoms with E-state index in [0.29, 0.717) is 0 Å². The molecule has 0 nitrogen and oxygen atoms in total. The van der Waals surface area contributed by atoms with Gasteiger partial charge in [0.1, 0.15) is 0 Å². The third-order valence-electron chi connectivity index (χ3n) is 39.2. The van der Waals surface area contributed by atoms with Crippen LogP contribution in [0.4, 0.5) is 0 Å². The maximum absolute atomic E-state index is 1.64. The summed E-state index contributed by atoms with van der Waals surface area (Å²) in [7, 11) is 0. The summed E-state index contributed by atoms with van der Waals surface area (Å²) in [5.41, 5.74) is 0. The molecule has 0 spiro atoms. The molecule has 0 aromatic carbocycles. The Balaban J connectivity index is 0.0000000755. The van der Waals surface area contributed by atoms with Crippen LogP contribution in [0.15, 0.2) is 0 Å². The Labute approximate surface area is 594 Å². The van der Waals surface area contributed by atoms with E-state index in [0.717, 1.165) is 35.5 Å². The van der Waals surface area contributed by atoms with Crippen LogP contribution in [-0.2, 0) is 0 Å². The van der Waals surface area contributed by atoms with Gasteiger partial charge in [-0.1, -0.05) is 193 Å². The van der Waals surface area contributed by atoms with Crippen LogP contribution in [0.1, 0.15) is 385 Å². The zero-order valence-corrected chi connectivity index (χ0v) is 63.2. The van der Waals surface area contributed by atoms with Crippen LogP contribution in [0, 0.1) is 213 Å². The van der Waals surface area contributed by atoms with Crippen molar-refractivity contribution < 1.29 is 0 Å². The lowest BCUT2D eigenvalue weighted by atomic mass is 9.56. The van der Waals surface area contributed by atoms with Crippen LogP contribution in [0.3, 0.4) is 0 Å². The molecule has 33 saturated carbocycles. The molecule has 33 fully saturated rings. The molecule has 18 unspecified atom stereocenters. The number of fused-ring (bicyclic) bond motifs is 43. The minimum Gasteiger partial charge on any atom is -0.0530 e. The molecular weight excluding hydrogens is 1150 g/mol. The van der Waals surface area contributed by atoms with Crippen molar-refractivity contribution in [3.05, 3.63) is 0 Å². The molecule has 33 aliphatic rings. The summed E-state index contributed by atoms with van der Waals surface area (Å²) < 4.78 is 0. The molecule has 0 radical (unpaired) electrons. The second-order valence-corrected chi connectivity index (χ2v) is 43.8. The molecule has 0 aliphatic heterocycles. The van der Waals surface area contributed by atoms with Gasteiger partial charge in [0.05, 0.1) is 0 Å². The first-order valence-electron chi connectivity index (χ1n) is 47.5. The van der Waals surface area contributed by atoms with E-state index in [1.54, 1.807) is 321 Å². The van der Waals surface area contributed by atoms with Crippen LogP contribution in [0.25, 0.3) is 0 Å². The first-order valence-corrected chi connectivity index (χ1v) is 47.5. The first kappa shape index (κ1) is 66.7. The smallest absolute Gasteiger partial charge is 0.0318 e. The van der Waals surface area contributed by atoms with Crippen LogP contribution in [0.2, 0.25) is 0 Å². The highest BCUT2D eigenvalue weighted by molar-refractivity contribution is 5.24. The Kier molecular flexibility index (Phi) is 20.7. The van der Waals surface area contributed by atoms with E-state index in [9.17, 15) is 0 Å². The minimum absolute atomic E-state index is 1.11. The zero-order chi connectivity index (χ0) is 63.2. The number of hydrogen-bond acceptors (Lipinski definition) is 0. The molecule has 0 saturated heterocycles. The van der Waals surface area contributed by atoms with Gasteiger partial charge in [-0.15, -0.1) is 0 Å². The van der Waals surface area contributed by atoms with Gasteiger partial charge in [-0.05, 0) is 406 Å². The monoisotopic (exact) mass is 1310 g/mol. The van der Waals surface area contributed by atoms with Gasteiger partial charge in [0.15, 0.2) is 0 Å². The molecular formula is C96H156. The summed E-state index contributed by atoms with van der Waals surface area (Å²) >= 11 is 0. The normalized spacial score (nSPS) is 55.5. The molecule has 0 amide bonds. The quantitative estimate of drug-likeness (QED) is 0.212. The molecule has 33 rings (SSSR count). The van der Waals surface area contributed by atoms with E-state index in [2.05, 4.69) is 0 Å². The maximum Gasteiger partial charge on any atom is -0.0318 e. The van der Waals surface area contributed by atoms with Gasteiger partial charge in [-0.3, -0.25) is 0 Å². The fourth-order valence-electron chi connectivity index (χ4n) is 34.4. The van der Waals surface area contributed by atoms with Gasteiger partial charge >= 0.3 is 0 Å². The molecule has 33 aliphatic carbocycles. The summed E-state index contributed by atoms with van der Waals surface area (Å²) in [4.78, 5) is 0. The topological polar surface area (TPSA) is 0 Å². The second-order valence-electron chi connectivity index (χ2n) is 43.8. The third-order valence-corrected chi connectivity index (χ3v) is 39.2. The van der Waals surface area contributed by atoms with Gasteiger partial charge in [-0.2, -0.15) is 0 Å². The Hall–Kier alpha value is 0. The highest BCUT2D eigenvalue weighted by atomic mass is 14.8. The number of hydrogen-bond donors (Lipinski definition) is 0. The Morgan fingerprint density at radius 1 is 0.0938 bits per heavy atom. The molecule has 0 aromatic rings. The van der Waals surface area contributed by atoms with E-state index in [1.807, 2.05) is 0 Å². The van der Waals surface area contributed by atoms with Crippen molar-refractivity contribution in [2.45, 2.75) is 385 Å². The Bertz CT molecular complexity index is 2160. The van der Waals surface area contributed by atoms with Crippen LogP contribution in [0.5, 0.6) is 0 Å². The van der Waals surface area contributed by atoms with Crippen LogP contribution >= 0.6 is 0 Å². The van der Waals surface area contributed by atoms with Crippen LogP contribution in [-0.4, -0.2) is 0 Å². The van der Waals surface area contributed by atoms with Crippen LogP contribution < -0.4 is 0 Å². The fourth-order valence-corrected chi connectivity index (χ4v) is 34.4. The predicted molar refractivity (Wildman–Crippen MR) is 403 cm³/mol. The van der Waals surface area contributed by atoms with Gasteiger partial charge in [-0.25, -0.2) is 0 Å². The largest absolute Gasteiger partial charge is 0.0530 e. The molecule has 0 N–H and O–H groups in total. The Morgan fingerprint density at radius 3 is 0.531 bits per heavy atom. The van der Waals surface area contributed by atoms with Crippen molar-refractivity contribution in [2.75, 3.05) is 0 Å². The predicted octanol–water partition coefficient (Wildman–Crippen LogP) is 27.8. The van der Waals surface area contributed by atoms with Crippen molar-refractivity contribution in [2.24, 2.45) is 213 Å². The van der Waals surface area contributed by atoms with E-state index in [1.165, 1.54) is 242 Å². The van der Waals surface area contributed by atoms with Crippen molar-refractivity contribution >= 4 is 0 Å². The maximum atomic E-state index is 1.64. The summed E-state index contributed by atoms with van der Waals surface area (Å²) in [6, 6.07) is 0. The standard InChI is InChI=1S/C12H18.C12H22.2C11H20.2C10H16.C9H14.C8H12.C7H10.C6H8/c1-2-8-5-7(1)11-9-3-4-10(6-9)12(8)11;1-2-6-12-9-3-7-11(5-1)8-4-10-12;1-4-10-6-2-7-11(5-1)9-3-8-10;1-2-5-11-7-3-6-10(4-1)8-9-11;1-7-2-9-4-8(1)5-10(3-7)6-9;1-2-9-7-4-5-8(6-7)10(9)3-1;1-2-7-5-6(1)8-3-4-9(7)8;1-2-6-3-5(1)7-4-8(6)7;1-2-4-6-5(3-1)7(4)6;1-2-4-5-3(1)6(4)5/h7-12H,1-6H2;11-12H,1-10H2;2*10-11H,1-9H2;2*7-10H,1-6H2;6-9H,1-5H2;5-8H,1-4H2;4-7H,1-3H2;3-6H,1-2H2. The van der Waals surface area contributed by atoms with E-state index in [4.69, 9.17) is 0 Å². The van der Waals surface area contributed by atoms with E-state index < -0.39 is 0 Å². The number of rotatable bonds is 0. The van der Waals surface area contributed by atoms with Gasteiger partial charge < -0.3 is 0 Å². The summed E-state index contributed by atoms with van der Waals surface area (Å²) in [6.45, 7) is 0. The van der Waals surface area contributed by atoms with Gasteiger partial charge in [0.25, 0.3) is 0 Å². The molecule has 18 atom stereocenters. The summed E-state index contributed by atoms with van der Waals surface area (Å²) in [5, 5.41) is 0. The SMILES string of the molecule is C1C2CC3CC1CC(C2)C3.C1CC2C3C(C1)C23.C1CC2C3C1C23.C1CC2C3CCC(C3)C2C1.C1CC2CC1C1C3CCC(C3)C21.C1CC2CC1C1CC21.C1CC2CC1C1CCC21.C1CC2CCCC(C1)CCC2.C1CCC2CCCC(C1)CC2.C1CCC2CCCC(C1)CCC2. The highest BCUT2D eigenvalue weighted by Crippen LogP contribution is 2.82. The summed E-state index contributed by atoms with van der Waals surface area (Å²) in [5.74, 6) is 43.5. The molecule has 0 heteroatoms. The van der Waals surface area contributed by atoms with E-state index in [-0.39, 0.29) is 0 Å². The molecule has 0 aromatic heterocycles. The van der Waals surface area contributed by atoms with E-state index >= 15 is 0 Å². The first-order chi connectivity index (χ1) is 47.5. The van der Waals surface area contributed by atoms with Crippen molar-refractivity contribution in [1.82, 2.24) is 0 Å². The minimum atomic E-state index is 1.11. The van der Waals surface area contributed by atoms with Crippen molar-refractivity contribution in [3.63, 3.8) is 0 Å². The third kappa shape index (κ3) is 14.6. The molecule has 96 heavy (non-hydrogen) atoms. The average molecular weight is 1310 g/mol. The fraction of sp³-hybridized carbons (Fsp3) is 1.00. The van der Waals surface area contributed by atoms with Crippen molar-refractivity contribution in [3.8, 4) is 0 Å².